The van der Waals surface area contributed by atoms with Crippen LogP contribution in [0.3, 0.4) is 0 Å². The van der Waals surface area contributed by atoms with Crippen LogP contribution in [0, 0.1) is 0 Å². The molecule has 0 atom stereocenters. The molecule has 0 heteroatoms. The number of hydrogen-bond donors (Lipinski definition) is 0. The number of benzene rings is 9. The summed E-state index contributed by atoms with van der Waals surface area (Å²) >= 11 is 0. The number of rotatable bonds is 5. The zero-order valence-electron chi connectivity index (χ0n) is 37.0. The molecular formula is C63H50. The molecule has 0 unspecified atom stereocenters. The van der Waals surface area contributed by atoms with Crippen molar-refractivity contribution >= 4 is 0 Å². The Morgan fingerprint density at radius 2 is 0.492 bits per heavy atom. The summed E-state index contributed by atoms with van der Waals surface area (Å²) in [6.07, 6.45) is 0. The van der Waals surface area contributed by atoms with Gasteiger partial charge in [0.25, 0.3) is 0 Å². The van der Waals surface area contributed by atoms with E-state index in [4.69, 9.17) is 0 Å². The van der Waals surface area contributed by atoms with Crippen molar-refractivity contribution < 1.29 is 0 Å². The molecule has 0 fully saturated rings. The van der Waals surface area contributed by atoms with E-state index >= 15 is 0 Å². The second kappa shape index (κ2) is 13.5. The van der Waals surface area contributed by atoms with E-state index in [1.54, 1.807) is 0 Å². The van der Waals surface area contributed by atoms with E-state index < -0.39 is 0 Å². The van der Waals surface area contributed by atoms with E-state index in [1.165, 1.54) is 122 Å². The maximum absolute atomic E-state index is 2.48. The summed E-state index contributed by atoms with van der Waals surface area (Å²) in [6, 6.07) is 73.3. The highest BCUT2D eigenvalue weighted by atomic mass is 14.4. The Bertz CT molecular complexity index is 3340. The molecule has 302 valence electrons. The van der Waals surface area contributed by atoms with E-state index in [9.17, 15) is 0 Å². The Morgan fingerprint density at radius 3 is 0.937 bits per heavy atom. The first-order valence-corrected chi connectivity index (χ1v) is 22.6. The molecule has 63 heavy (non-hydrogen) atoms. The standard InChI is InChI=1S/C63H50/c1-61(2)55-20-14-13-19-48(55)49-28-22-42(34-56(49)61)43-23-29-50-51-30-24-44(36-58(51)62(3,4)57(50)35-43)45-25-31-52-53-32-26-46(38-60(53)63(5,6)59(52)37-45)54-33-41(39-15-9-7-10-16-39)21-27-47(54)40-17-11-8-12-18-40/h7-38H,1-6H3. The summed E-state index contributed by atoms with van der Waals surface area (Å²) in [4.78, 5) is 0. The summed E-state index contributed by atoms with van der Waals surface area (Å²) in [5, 5.41) is 0. The first-order chi connectivity index (χ1) is 30.5. The average molecular weight is 807 g/mol. The van der Waals surface area contributed by atoms with Crippen LogP contribution in [0.2, 0.25) is 0 Å². The van der Waals surface area contributed by atoms with Crippen molar-refractivity contribution in [2.45, 2.75) is 57.8 Å². The second-order valence-electron chi connectivity index (χ2n) is 19.7. The third-order valence-electron chi connectivity index (χ3n) is 15.1. The van der Waals surface area contributed by atoms with Gasteiger partial charge in [0.15, 0.2) is 0 Å². The smallest absolute Gasteiger partial charge is 0.0159 e. The molecule has 0 heterocycles. The van der Waals surface area contributed by atoms with Crippen molar-refractivity contribution in [1.29, 1.82) is 0 Å². The van der Waals surface area contributed by atoms with Gasteiger partial charge in [-0.2, -0.15) is 0 Å². The van der Waals surface area contributed by atoms with Crippen LogP contribution in [0.5, 0.6) is 0 Å². The zero-order valence-corrected chi connectivity index (χ0v) is 37.0. The highest BCUT2D eigenvalue weighted by Crippen LogP contribution is 2.54. The Hall–Kier alpha value is -7.02. The van der Waals surface area contributed by atoms with Gasteiger partial charge in [-0.1, -0.05) is 199 Å². The first-order valence-electron chi connectivity index (χ1n) is 22.6. The van der Waals surface area contributed by atoms with E-state index in [0.29, 0.717) is 0 Å². The average Bonchev–Trinajstić information content (AvgIpc) is 3.80. The molecule has 0 N–H and O–H groups in total. The normalized spacial score (nSPS) is 15.2. The van der Waals surface area contributed by atoms with Crippen molar-refractivity contribution in [3.8, 4) is 89.0 Å². The minimum atomic E-state index is -0.168. The van der Waals surface area contributed by atoms with Gasteiger partial charge in [-0.3, -0.25) is 0 Å². The molecule has 0 aliphatic heterocycles. The summed E-state index contributed by atoms with van der Waals surface area (Å²) < 4.78 is 0. The van der Waals surface area contributed by atoms with Crippen LogP contribution in [0.25, 0.3) is 89.0 Å². The molecular weight excluding hydrogens is 757 g/mol. The molecule has 0 amide bonds. The first kappa shape index (κ1) is 37.7. The fourth-order valence-corrected chi connectivity index (χ4v) is 11.5. The van der Waals surface area contributed by atoms with Gasteiger partial charge in [-0.25, -0.2) is 0 Å². The summed E-state index contributed by atoms with van der Waals surface area (Å²) in [6.45, 7) is 14.4. The third kappa shape index (κ3) is 5.60. The van der Waals surface area contributed by atoms with Crippen LogP contribution in [-0.4, -0.2) is 0 Å². The maximum atomic E-state index is 2.48. The Morgan fingerprint density at radius 1 is 0.190 bits per heavy atom. The van der Waals surface area contributed by atoms with Crippen LogP contribution >= 0.6 is 0 Å². The minimum Gasteiger partial charge on any atom is -0.0622 e. The lowest BCUT2D eigenvalue weighted by atomic mass is 9.79. The minimum absolute atomic E-state index is 0.0228. The molecule has 0 saturated carbocycles. The molecule has 0 nitrogen and oxygen atoms in total. The van der Waals surface area contributed by atoms with Gasteiger partial charge in [-0.15, -0.1) is 0 Å². The Balaban J connectivity index is 0.881. The lowest BCUT2D eigenvalue weighted by Gasteiger charge is -2.24. The fraction of sp³-hybridized carbons (Fsp3) is 0.143. The van der Waals surface area contributed by atoms with E-state index in [2.05, 4.69) is 236 Å². The highest BCUT2D eigenvalue weighted by molar-refractivity contribution is 5.92. The van der Waals surface area contributed by atoms with Gasteiger partial charge in [0.1, 0.15) is 0 Å². The van der Waals surface area contributed by atoms with Crippen LogP contribution in [-0.2, 0) is 16.2 Å². The van der Waals surface area contributed by atoms with Gasteiger partial charge in [-0.05, 0) is 159 Å². The van der Waals surface area contributed by atoms with Crippen molar-refractivity contribution in [3.05, 3.63) is 228 Å². The summed E-state index contributed by atoms with van der Waals surface area (Å²) in [7, 11) is 0. The van der Waals surface area contributed by atoms with Gasteiger partial charge >= 0.3 is 0 Å². The van der Waals surface area contributed by atoms with Gasteiger partial charge < -0.3 is 0 Å². The van der Waals surface area contributed by atoms with Gasteiger partial charge in [0.2, 0.25) is 0 Å². The van der Waals surface area contributed by atoms with Crippen molar-refractivity contribution in [2.75, 3.05) is 0 Å². The van der Waals surface area contributed by atoms with E-state index in [0.717, 1.165) is 0 Å². The van der Waals surface area contributed by atoms with Crippen LogP contribution in [0.15, 0.2) is 194 Å². The molecule has 9 aromatic rings. The predicted molar refractivity (Wildman–Crippen MR) is 266 cm³/mol. The third-order valence-corrected chi connectivity index (χ3v) is 15.1. The van der Waals surface area contributed by atoms with E-state index in [1.807, 2.05) is 0 Å². The van der Waals surface area contributed by atoms with Crippen LogP contribution in [0.4, 0.5) is 0 Å². The molecule has 0 aromatic heterocycles. The van der Waals surface area contributed by atoms with Gasteiger partial charge in [0.05, 0.1) is 0 Å². The van der Waals surface area contributed by atoms with Crippen molar-refractivity contribution in [1.82, 2.24) is 0 Å². The van der Waals surface area contributed by atoms with Gasteiger partial charge in [0, 0.05) is 16.2 Å². The number of hydrogen-bond acceptors (Lipinski definition) is 0. The lowest BCUT2D eigenvalue weighted by molar-refractivity contribution is 0.659. The molecule has 3 aliphatic rings. The molecule has 0 bridgehead atoms. The Kier molecular flexibility index (Phi) is 8.08. The molecule has 9 aromatic carbocycles. The van der Waals surface area contributed by atoms with Crippen molar-refractivity contribution in [2.24, 2.45) is 0 Å². The fourth-order valence-electron chi connectivity index (χ4n) is 11.5. The SMILES string of the molecule is CC1(C)c2ccccc2-c2ccc(-c3ccc4c(c3)C(C)(C)c3cc(-c5ccc6c(c5)C(C)(C)c5cc(-c7cc(-c8ccccc8)ccc7-c7ccccc7)ccc5-6)ccc3-4)cc21. The van der Waals surface area contributed by atoms with E-state index in [-0.39, 0.29) is 16.2 Å². The Labute approximate surface area is 372 Å². The predicted octanol–water partition coefficient (Wildman–Crippen LogP) is 16.9. The molecule has 12 rings (SSSR count). The summed E-state index contributed by atoms with van der Waals surface area (Å²) in [5.41, 5.74) is 28.8. The quantitative estimate of drug-likeness (QED) is 0.163. The molecule has 0 spiro atoms. The monoisotopic (exact) mass is 806 g/mol. The second-order valence-corrected chi connectivity index (χ2v) is 19.7. The number of fused-ring (bicyclic) bond motifs is 9. The van der Waals surface area contributed by atoms with Crippen molar-refractivity contribution in [3.63, 3.8) is 0 Å². The largest absolute Gasteiger partial charge is 0.0622 e. The molecule has 0 radical (unpaired) electrons. The maximum Gasteiger partial charge on any atom is 0.0159 e. The highest BCUT2D eigenvalue weighted by Gasteiger charge is 2.39. The molecule has 0 saturated heterocycles. The van der Waals surface area contributed by atoms with Crippen LogP contribution < -0.4 is 0 Å². The molecule has 3 aliphatic carbocycles. The van der Waals surface area contributed by atoms with Crippen LogP contribution in [0.1, 0.15) is 74.9 Å². The zero-order chi connectivity index (χ0) is 42.8. The topological polar surface area (TPSA) is 0 Å². The lowest BCUT2D eigenvalue weighted by Crippen LogP contribution is -2.16. The summed E-state index contributed by atoms with van der Waals surface area (Å²) in [5.74, 6) is 0.